The van der Waals surface area contributed by atoms with E-state index in [2.05, 4.69) is 10.1 Å². The van der Waals surface area contributed by atoms with Crippen molar-refractivity contribution >= 4 is 30.0 Å². The maximum atomic E-state index is 10.3. The fourth-order valence-electron chi connectivity index (χ4n) is 1.76. The van der Waals surface area contributed by atoms with E-state index >= 15 is 0 Å². The first-order chi connectivity index (χ1) is 11.4. The lowest BCUT2D eigenvalue weighted by atomic mass is 10.1. The molecular formula is C15H18BNO7. The van der Waals surface area contributed by atoms with Crippen LogP contribution in [0.4, 0.5) is 0 Å². The molecule has 2 aromatic rings. The summed E-state index contributed by atoms with van der Waals surface area (Å²) in [5.74, 6) is -0.997. The summed E-state index contributed by atoms with van der Waals surface area (Å²) >= 11 is 0. The summed E-state index contributed by atoms with van der Waals surface area (Å²) in [6, 6.07) is 13.0. The number of nitrogens with one attached hydrogen (secondary N) is 1. The average molecular weight is 335 g/mol. The Bertz CT molecular complexity index is 672. The molecule has 2 rings (SSSR count). The maximum Gasteiger partial charge on any atom is 0.707 e. The van der Waals surface area contributed by atoms with Crippen LogP contribution in [-0.4, -0.2) is 54.6 Å². The Balaban J connectivity index is 0.000000257. The first kappa shape index (κ1) is 19.4. The number of hydrogen-bond acceptors (Lipinski definition) is 7. The zero-order valence-corrected chi connectivity index (χ0v) is 13.0. The van der Waals surface area contributed by atoms with E-state index in [1.54, 1.807) is 12.1 Å². The summed E-state index contributed by atoms with van der Waals surface area (Å²) in [6.45, 7) is -0.294. The van der Waals surface area contributed by atoms with Gasteiger partial charge in [-0.3, -0.25) is 14.9 Å². The number of aliphatic carboxylic acids is 1. The highest BCUT2D eigenvalue weighted by molar-refractivity contribution is 6.34. The molecule has 9 heteroatoms. The number of rotatable bonds is 6. The van der Waals surface area contributed by atoms with Crippen molar-refractivity contribution in [2.75, 3.05) is 20.2 Å². The average Bonchev–Trinajstić information content (AvgIpc) is 2.55. The number of carboxylic acids is 1. The summed E-state index contributed by atoms with van der Waals surface area (Å²) in [5, 5.41) is 29.7. The minimum absolute atomic E-state index is 0.0667. The molecule has 128 valence electrons. The maximum absolute atomic E-state index is 10.3. The zero-order chi connectivity index (χ0) is 17.9. The van der Waals surface area contributed by atoms with E-state index < -0.39 is 19.3 Å². The lowest BCUT2D eigenvalue weighted by molar-refractivity contribution is -0.140. The van der Waals surface area contributed by atoms with E-state index in [1.807, 2.05) is 30.3 Å². The first-order valence-corrected chi connectivity index (χ1v) is 6.94. The molecule has 24 heavy (non-hydrogen) atoms. The molecule has 0 saturated carbocycles. The van der Waals surface area contributed by atoms with Crippen LogP contribution in [0, 0.1) is 0 Å². The van der Waals surface area contributed by atoms with Crippen LogP contribution in [0.1, 0.15) is 0 Å². The Kier molecular flexibility index (Phi) is 8.27. The quantitative estimate of drug-likeness (QED) is 0.430. The SMILES string of the molecule is COC(=O)CNCC(=O)O.OB(O)Oc1cccc2ccccc12. The van der Waals surface area contributed by atoms with Gasteiger partial charge in [-0.15, -0.1) is 0 Å². The van der Waals surface area contributed by atoms with Crippen LogP contribution >= 0.6 is 0 Å². The lowest BCUT2D eigenvalue weighted by Crippen LogP contribution is -2.28. The van der Waals surface area contributed by atoms with Gasteiger partial charge in [0, 0.05) is 5.39 Å². The molecule has 0 saturated heterocycles. The molecule has 0 aliphatic heterocycles. The van der Waals surface area contributed by atoms with Crippen LogP contribution in [0.5, 0.6) is 5.75 Å². The zero-order valence-electron chi connectivity index (χ0n) is 13.0. The predicted molar refractivity (Wildman–Crippen MR) is 87.3 cm³/mol. The highest BCUT2D eigenvalue weighted by Crippen LogP contribution is 2.24. The number of benzene rings is 2. The van der Waals surface area contributed by atoms with Gasteiger partial charge in [-0.05, 0) is 11.5 Å². The molecule has 0 fully saturated rings. The third-order valence-electron chi connectivity index (χ3n) is 2.76. The Morgan fingerprint density at radius 2 is 1.75 bits per heavy atom. The van der Waals surface area contributed by atoms with Crippen LogP contribution in [0.25, 0.3) is 10.8 Å². The molecule has 0 amide bonds. The topological polar surface area (TPSA) is 125 Å². The van der Waals surface area contributed by atoms with E-state index in [0.717, 1.165) is 10.8 Å². The van der Waals surface area contributed by atoms with Crippen molar-refractivity contribution in [2.24, 2.45) is 0 Å². The standard InChI is InChI=1S/C10H9BO3.C5H9NO4/c12-11(13)14-10-7-3-5-8-4-1-2-6-9(8)10;1-10-5(9)3-6-2-4(7)8/h1-7,12-13H;6H,2-3H2,1H3,(H,7,8). The molecule has 0 spiro atoms. The molecule has 0 atom stereocenters. The van der Waals surface area contributed by atoms with E-state index in [9.17, 15) is 9.59 Å². The molecule has 2 aromatic carbocycles. The van der Waals surface area contributed by atoms with Gasteiger partial charge in [0.15, 0.2) is 0 Å². The smallest absolute Gasteiger partial charge is 0.512 e. The highest BCUT2D eigenvalue weighted by atomic mass is 16.6. The number of carboxylic acid groups (broad SMARTS) is 1. The van der Waals surface area contributed by atoms with Gasteiger partial charge < -0.3 is 24.5 Å². The predicted octanol–water partition coefficient (Wildman–Crippen LogP) is 0.0217. The second-order valence-corrected chi connectivity index (χ2v) is 4.49. The minimum atomic E-state index is -1.78. The Labute approximate surface area is 138 Å². The monoisotopic (exact) mass is 335 g/mol. The minimum Gasteiger partial charge on any atom is -0.512 e. The molecule has 8 nitrogen and oxygen atoms in total. The van der Waals surface area contributed by atoms with Crippen LogP contribution in [0.15, 0.2) is 42.5 Å². The van der Waals surface area contributed by atoms with Crippen LogP contribution in [-0.2, 0) is 14.3 Å². The van der Waals surface area contributed by atoms with Gasteiger partial charge in [0.2, 0.25) is 0 Å². The molecule has 0 aliphatic rings. The van der Waals surface area contributed by atoms with Gasteiger partial charge in [0.25, 0.3) is 0 Å². The first-order valence-electron chi connectivity index (χ1n) is 6.94. The molecule has 0 heterocycles. The van der Waals surface area contributed by atoms with E-state index in [-0.39, 0.29) is 13.1 Å². The number of carbonyl (C=O) groups excluding carboxylic acids is 1. The normalized spacial score (nSPS) is 9.62. The van der Waals surface area contributed by atoms with Crippen LogP contribution in [0.2, 0.25) is 0 Å². The molecule has 0 radical (unpaired) electrons. The summed E-state index contributed by atoms with van der Waals surface area (Å²) in [4.78, 5) is 20.2. The van der Waals surface area contributed by atoms with Gasteiger partial charge >= 0.3 is 19.3 Å². The number of ether oxygens (including phenoxy) is 1. The van der Waals surface area contributed by atoms with Gasteiger partial charge in [-0.25, -0.2) is 0 Å². The largest absolute Gasteiger partial charge is 0.707 e. The van der Waals surface area contributed by atoms with E-state index in [0.29, 0.717) is 5.75 Å². The summed E-state index contributed by atoms with van der Waals surface area (Å²) in [5.41, 5.74) is 0. The number of esters is 1. The van der Waals surface area contributed by atoms with E-state index in [4.69, 9.17) is 19.8 Å². The van der Waals surface area contributed by atoms with Crippen molar-refractivity contribution in [1.82, 2.24) is 5.32 Å². The van der Waals surface area contributed by atoms with Gasteiger partial charge in [0.05, 0.1) is 20.2 Å². The molecule has 0 bridgehead atoms. The van der Waals surface area contributed by atoms with Gasteiger partial charge in [-0.2, -0.15) is 0 Å². The van der Waals surface area contributed by atoms with Crippen LogP contribution < -0.4 is 9.97 Å². The van der Waals surface area contributed by atoms with Crippen molar-refractivity contribution in [2.45, 2.75) is 0 Å². The number of fused-ring (bicyclic) bond motifs is 1. The molecular weight excluding hydrogens is 317 g/mol. The third kappa shape index (κ3) is 7.10. The Hall–Kier alpha value is -2.62. The summed E-state index contributed by atoms with van der Waals surface area (Å²) < 4.78 is 9.08. The molecule has 0 unspecified atom stereocenters. The molecule has 0 aromatic heterocycles. The second-order valence-electron chi connectivity index (χ2n) is 4.49. The molecule has 0 aliphatic carbocycles. The van der Waals surface area contributed by atoms with Crippen molar-refractivity contribution in [3.05, 3.63) is 42.5 Å². The fraction of sp³-hybridized carbons (Fsp3) is 0.200. The van der Waals surface area contributed by atoms with Gasteiger partial charge in [-0.1, -0.05) is 36.4 Å². The summed E-state index contributed by atoms with van der Waals surface area (Å²) in [7, 11) is -0.536. The number of methoxy groups -OCH3 is 1. The molecule has 4 N–H and O–H groups in total. The van der Waals surface area contributed by atoms with Crippen molar-refractivity contribution in [3.63, 3.8) is 0 Å². The van der Waals surface area contributed by atoms with Crippen LogP contribution in [0.3, 0.4) is 0 Å². The lowest BCUT2D eigenvalue weighted by Gasteiger charge is -2.07. The fourth-order valence-corrected chi connectivity index (χ4v) is 1.76. The second kappa shape index (κ2) is 10.2. The number of carbonyl (C=O) groups is 2. The number of hydrogen-bond donors (Lipinski definition) is 4. The Morgan fingerprint density at radius 1 is 1.08 bits per heavy atom. The Morgan fingerprint density at radius 3 is 2.38 bits per heavy atom. The van der Waals surface area contributed by atoms with Crippen molar-refractivity contribution in [1.29, 1.82) is 0 Å². The highest BCUT2D eigenvalue weighted by Gasteiger charge is 2.12. The third-order valence-corrected chi connectivity index (χ3v) is 2.76. The van der Waals surface area contributed by atoms with E-state index in [1.165, 1.54) is 7.11 Å². The summed E-state index contributed by atoms with van der Waals surface area (Å²) in [6.07, 6.45) is 0. The van der Waals surface area contributed by atoms with Crippen molar-refractivity contribution in [3.8, 4) is 5.75 Å². The van der Waals surface area contributed by atoms with Gasteiger partial charge in [0.1, 0.15) is 5.75 Å². The van der Waals surface area contributed by atoms with Crippen molar-refractivity contribution < 1.29 is 34.1 Å².